The van der Waals surface area contributed by atoms with Gasteiger partial charge in [-0.25, -0.2) is 4.98 Å². The summed E-state index contributed by atoms with van der Waals surface area (Å²) in [6, 6.07) is 11.0. The van der Waals surface area contributed by atoms with E-state index in [9.17, 15) is 14.4 Å². The molecule has 1 aliphatic heterocycles. The lowest BCUT2D eigenvalue weighted by molar-refractivity contribution is -0.133. The van der Waals surface area contributed by atoms with Crippen molar-refractivity contribution in [2.75, 3.05) is 7.11 Å². The molecule has 1 fully saturated rings. The summed E-state index contributed by atoms with van der Waals surface area (Å²) in [4.78, 5) is 50.0. The molecule has 1 aromatic carbocycles. The maximum atomic E-state index is 13.7. The molecule has 1 saturated carbocycles. The number of pyridine rings is 1. The van der Waals surface area contributed by atoms with Gasteiger partial charge in [-0.2, -0.15) is 0 Å². The van der Waals surface area contributed by atoms with Gasteiger partial charge < -0.3 is 24.8 Å². The Hall–Kier alpha value is -4.21. The van der Waals surface area contributed by atoms with Gasteiger partial charge in [0, 0.05) is 31.5 Å². The third kappa shape index (κ3) is 4.41. The normalized spacial score (nSPS) is 18.9. The molecule has 0 radical (unpaired) electrons. The van der Waals surface area contributed by atoms with Gasteiger partial charge in [-0.05, 0) is 49.1 Å². The molecule has 1 atom stereocenters. The number of hydrogen-bond acceptors (Lipinski definition) is 6. The Morgan fingerprint density at radius 1 is 1.11 bits per heavy atom. The van der Waals surface area contributed by atoms with E-state index in [1.807, 2.05) is 30.3 Å². The van der Waals surface area contributed by atoms with Crippen LogP contribution in [0.1, 0.15) is 51.9 Å². The van der Waals surface area contributed by atoms with E-state index in [-0.39, 0.29) is 42.3 Å². The van der Waals surface area contributed by atoms with E-state index in [1.54, 1.807) is 42.0 Å². The van der Waals surface area contributed by atoms with Crippen molar-refractivity contribution in [1.82, 2.24) is 30.1 Å². The fraction of sp³-hybridized carbons (Fsp3) is 0.346. The number of benzene rings is 1. The van der Waals surface area contributed by atoms with Gasteiger partial charge in [-0.1, -0.05) is 18.2 Å². The van der Waals surface area contributed by atoms with Crippen molar-refractivity contribution in [2.24, 2.45) is 0 Å². The number of methoxy groups -OCH3 is 1. The van der Waals surface area contributed by atoms with Crippen LogP contribution in [0.25, 0.3) is 0 Å². The van der Waals surface area contributed by atoms with Crippen LogP contribution in [-0.4, -0.2) is 55.8 Å². The third-order valence-corrected chi connectivity index (χ3v) is 6.67. The highest BCUT2D eigenvalue weighted by Gasteiger charge is 2.53. The molecule has 1 unspecified atom stereocenters. The summed E-state index contributed by atoms with van der Waals surface area (Å²) in [5, 5.41) is 5.79. The van der Waals surface area contributed by atoms with Gasteiger partial charge in [-0.15, -0.1) is 0 Å². The van der Waals surface area contributed by atoms with Crippen LogP contribution in [0, 0.1) is 0 Å². The molecule has 5 rings (SSSR count). The molecule has 0 spiro atoms. The zero-order chi connectivity index (χ0) is 25.3. The quantitative estimate of drug-likeness (QED) is 0.500. The van der Waals surface area contributed by atoms with Crippen LogP contribution in [0.3, 0.4) is 0 Å². The average Bonchev–Trinajstić information content (AvgIpc) is 3.64. The molecular formula is C26H28N6O4. The second-order valence-corrected chi connectivity index (χ2v) is 9.32. The summed E-state index contributed by atoms with van der Waals surface area (Å²) in [5.74, 6) is -0.303. The molecule has 0 bridgehead atoms. The summed E-state index contributed by atoms with van der Waals surface area (Å²) in [7, 11) is 1.60. The lowest BCUT2D eigenvalue weighted by atomic mass is 9.93. The van der Waals surface area contributed by atoms with Crippen LogP contribution in [0.4, 0.5) is 0 Å². The van der Waals surface area contributed by atoms with Crippen LogP contribution < -0.4 is 15.4 Å². The number of fused-ring (bicyclic) bond motifs is 1. The molecule has 10 heteroatoms. The summed E-state index contributed by atoms with van der Waals surface area (Å²) >= 11 is 0. The predicted molar refractivity (Wildman–Crippen MR) is 130 cm³/mol. The Morgan fingerprint density at radius 3 is 2.53 bits per heavy atom. The van der Waals surface area contributed by atoms with Gasteiger partial charge in [0.05, 0.1) is 20.0 Å². The number of aromatic nitrogens is 3. The molecule has 186 valence electrons. The maximum absolute atomic E-state index is 13.7. The number of rotatable bonds is 8. The molecule has 3 aromatic rings. The highest BCUT2D eigenvalue weighted by Crippen LogP contribution is 2.38. The Kier molecular flexibility index (Phi) is 6.17. The summed E-state index contributed by atoms with van der Waals surface area (Å²) in [6.07, 6.45) is 6.43. The van der Waals surface area contributed by atoms with Crippen LogP contribution in [0.15, 0.2) is 55.1 Å². The van der Waals surface area contributed by atoms with E-state index in [1.165, 1.54) is 6.33 Å². The van der Waals surface area contributed by atoms with E-state index in [0.717, 1.165) is 29.7 Å². The zero-order valence-electron chi connectivity index (χ0n) is 20.2. The lowest BCUT2D eigenvalue weighted by Gasteiger charge is -2.44. The molecule has 2 aliphatic rings. The van der Waals surface area contributed by atoms with Gasteiger partial charge in [0.1, 0.15) is 17.0 Å². The molecule has 0 saturated heterocycles. The van der Waals surface area contributed by atoms with Crippen LogP contribution in [0.2, 0.25) is 0 Å². The average molecular weight is 489 g/mol. The number of ether oxygens (including phenoxy) is 1. The first-order chi connectivity index (χ1) is 17.4. The van der Waals surface area contributed by atoms with Crippen molar-refractivity contribution in [1.29, 1.82) is 0 Å². The van der Waals surface area contributed by atoms with Gasteiger partial charge >= 0.3 is 0 Å². The van der Waals surface area contributed by atoms with Gasteiger partial charge in [0.25, 0.3) is 11.8 Å². The minimum absolute atomic E-state index is 0.0378. The number of carbonyl (C=O) groups excluding carboxylic acids is 3. The molecular weight excluding hydrogens is 460 g/mol. The Balaban J connectivity index is 1.34. The lowest BCUT2D eigenvalue weighted by Crippen LogP contribution is -2.64. The van der Waals surface area contributed by atoms with Crippen molar-refractivity contribution >= 4 is 17.7 Å². The van der Waals surface area contributed by atoms with Crippen LogP contribution >= 0.6 is 0 Å². The van der Waals surface area contributed by atoms with Crippen molar-refractivity contribution in [2.45, 2.75) is 51.0 Å². The van der Waals surface area contributed by atoms with Crippen molar-refractivity contribution in [3.63, 3.8) is 0 Å². The Bertz CT molecular complexity index is 1290. The maximum Gasteiger partial charge on any atom is 0.274 e. The molecule has 1 aliphatic carbocycles. The standard InChI is InChI=1S/C26H28N6O4/c1-26(25(35)29-13-17-5-9-20(36-2)10-6-17)15-31-16-30-21(22(31)24(34)32(26)19-7-8-19)23(33)28-14-18-4-3-11-27-12-18/h3-6,9-12,16,19H,7-8,13-15H2,1-2H3,(H,28,33)(H,29,35). The number of amides is 3. The molecule has 10 nitrogen and oxygen atoms in total. The predicted octanol–water partition coefficient (Wildman–Crippen LogP) is 1.91. The molecule has 2 N–H and O–H groups in total. The minimum Gasteiger partial charge on any atom is -0.497 e. The number of nitrogens with one attached hydrogen (secondary N) is 2. The zero-order valence-corrected chi connectivity index (χ0v) is 20.2. The first-order valence-corrected chi connectivity index (χ1v) is 11.9. The topological polar surface area (TPSA) is 118 Å². The molecule has 36 heavy (non-hydrogen) atoms. The third-order valence-electron chi connectivity index (χ3n) is 6.67. The van der Waals surface area contributed by atoms with Crippen LogP contribution in [-0.2, 0) is 24.4 Å². The van der Waals surface area contributed by atoms with E-state index < -0.39 is 11.4 Å². The largest absolute Gasteiger partial charge is 0.497 e. The number of nitrogens with zero attached hydrogens (tertiary/aromatic N) is 4. The fourth-order valence-corrected chi connectivity index (χ4v) is 4.61. The second-order valence-electron chi connectivity index (χ2n) is 9.32. The molecule has 2 aromatic heterocycles. The van der Waals surface area contributed by atoms with Gasteiger partial charge in [0.15, 0.2) is 5.69 Å². The van der Waals surface area contributed by atoms with Crippen LogP contribution in [0.5, 0.6) is 5.75 Å². The van der Waals surface area contributed by atoms with E-state index in [4.69, 9.17) is 4.74 Å². The van der Waals surface area contributed by atoms with E-state index in [0.29, 0.717) is 6.54 Å². The van der Waals surface area contributed by atoms with Crippen molar-refractivity contribution < 1.29 is 19.1 Å². The molecule has 3 amide bonds. The number of carbonyl (C=O) groups is 3. The van der Waals surface area contributed by atoms with Gasteiger partial charge in [0.2, 0.25) is 5.91 Å². The Morgan fingerprint density at radius 2 is 1.86 bits per heavy atom. The van der Waals surface area contributed by atoms with E-state index in [2.05, 4.69) is 20.6 Å². The van der Waals surface area contributed by atoms with Crippen molar-refractivity contribution in [3.8, 4) is 5.75 Å². The highest BCUT2D eigenvalue weighted by atomic mass is 16.5. The highest BCUT2D eigenvalue weighted by molar-refractivity contribution is 6.07. The fourth-order valence-electron chi connectivity index (χ4n) is 4.61. The van der Waals surface area contributed by atoms with Gasteiger partial charge in [-0.3, -0.25) is 19.4 Å². The second kappa shape index (κ2) is 9.44. The summed E-state index contributed by atoms with van der Waals surface area (Å²) < 4.78 is 6.80. The smallest absolute Gasteiger partial charge is 0.274 e. The SMILES string of the molecule is COc1ccc(CNC(=O)C2(C)Cn3cnc(C(=O)NCc4cccnc4)c3C(=O)N2C2CC2)cc1. The first-order valence-electron chi connectivity index (χ1n) is 11.9. The first kappa shape index (κ1) is 23.5. The number of hydrogen-bond donors (Lipinski definition) is 2. The number of imidazole rings is 1. The minimum atomic E-state index is -1.11. The summed E-state index contributed by atoms with van der Waals surface area (Å²) in [5.41, 5.74) is 0.929. The Labute approximate surface area is 208 Å². The molecule has 3 heterocycles. The van der Waals surface area contributed by atoms with E-state index >= 15 is 0 Å². The monoisotopic (exact) mass is 488 g/mol. The van der Waals surface area contributed by atoms with Crippen molar-refractivity contribution in [3.05, 3.63) is 77.6 Å². The summed E-state index contributed by atoms with van der Waals surface area (Å²) in [6.45, 7) is 2.58.